The summed E-state index contributed by atoms with van der Waals surface area (Å²) in [5.74, 6) is 1.92. The Morgan fingerprint density at radius 3 is 2.62 bits per heavy atom. The van der Waals surface area contributed by atoms with Crippen LogP contribution in [0.2, 0.25) is 0 Å². The highest BCUT2D eigenvalue weighted by Gasteiger charge is 2.59. The summed E-state index contributed by atoms with van der Waals surface area (Å²) in [7, 11) is 0. The molecule has 1 fully saturated rings. The summed E-state index contributed by atoms with van der Waals surface area (Å²) in [5, 5.41) is 27.3. The average Bonchev–Trinajstić information content (AvgIpc) is 3.12. The highest BCUT2D eigenvalue weighted by atomic mass is 32.1. The second kappa shape index (κ2) is 8.77. The Morgan fingerprint density at radius 1 is 1.34 bits per heavy atom. The number of aliphatic hydroxyl groups is 2. The van der Waals surface area contributed by atoms with Gasteiger partial charge in [0.15, 0.2) is 5.13 Å². The molecule has 0 aliphatic heterocycles. The molecule has 0 saturated heterocycles. The third-order valence-corrected chi connectivity index (χ3v) is 8.58. The Labute approximate surface area is 194 Å². The number of rotatable bonds is 5. The van der Waals surface area contributed by atoms with Gasteiger partial charge in [-0.2, -0.15) is 0 Å². The van der Waals surface area contributed by atoms with Crippen molar-refractivity contribution in [3.05, 3.63) is 10.6 Å². The molecule has 0 spiro atoms. The largest absolute Gasteiger partial charge is 0.396 e. The standard InChI is InChI=1S/C24H35N3O4S/c1-7-10-25-18(30)11-14-19-15(32-21(26-19)27-20(31)22(2,3)4)12-16-23(14,5)9-8-17(29)24(16,6)13-28/h1,14,16-17,28-29H,8-13H2,2-6H3,(H,25,30)(H,26,27,31). The smallest absolute Gasteiger partial charge is 0.231 e. The number of carbonyl (C=O) groups excluding carboxylic acids is 2. The Bertz CT molecular complexity index is 931. The maximum absolute atomic E-state index is 12.7. The van der Waals surface area contributed by atoms with E-state index >= 15 is 0 Å². The van der Waals surface area contributed by atoms with Crippen LogP contribution < -0.4 is 10.6 Å². The Balaban J connectivity index is 2.04. The monoisotopic (exact) mass is 461 g/mol. The van der Waals surface area contributed by atoms with Crippen LogP contribution in [0.15, 0.2) is 0 Å². The minimum atomic E-state index is -0.683. The molecular weight excluding hydrogens is 426 g/mol. The fourth-order valence-electron chi connectivity index (χ4n) is 5.39. The molecule has 2 aliphatic rings. The molecule has 4 N–H and O–H groups in total. The molecule has 5 unspecified atom stereocenters. The van der Waals surface area contributed by atoms with E-state index in [0.29, 0.717) is 18.0 Å². The van der Waals surface area contributed by atoms with E-state index in [2.05, 4.69) is 23.5 Å². The van der Waals surface area contributed by atoms with Crippen molar-refractivity contribution in [2.75, 3.05) is 18.5 Å². The minimum absolute atomic E-state index is 0.0340. The van der Waals surface area contributed by atoms with Crippen molar-refractivity contribution in [3.63, 3.8) is 0 Å². The van der Waals surface area contributed by atoms with E-state index in [1.165, 1.54) is 11.3 Å². The quantitative estimate of drug-likeness (QED) is 0.504. The van der Waals surface area contributed by atoms with Gasteiger partial charge in [-0.1, -0.05) is 40.5 Å². The van der Waals surface area contributed by atoms with Crippen LogP contribution in [-0.2, 0) is 16.0 Å². The molecule has 32 heavy (non-hydrogen) atoms. The summed E-state index contributed by atoms with van der Waals surface area (Å²) in [4.78, 5) is 31.0. The summed E-state index contributed by atoms with van der Waals surface area (Å²) in [6.45, 7) is 9.64. The van der Waals surface area contributed by atoms with Crippen LogP contribution in [0, 0.1) is 34.5 Å². The molecule has 0 bridgehead atoms. The number of nitrogens with zero attached hydrogens (tertiary/aromatic N) is 1. The number of fused-ring (bicyclic) bond motifs is 2. The van der Waals surface area contributed by atoms with Gasteiger partial charge < -0.3 is 20.8 Å². The van der Waals surface area contributed by atoms with Crippen molar-refractivity contribution in [2.24, 2.45) is 22.2 Å². The van der Waals surface area contributed by atoms with E-state index in [1.807, 2.05) is 27.7 Å². The van der Waals surface area contributed by atoms with Gasteiger partial charge in [-0.3, -0.25) is 9.59 Å². The van der Waals surface area contributed by atoms with Gasteiger partial charge in [0, 0.05) is 28.0 Å². The van der Waals surface area contributed by atoms with Gasteiger partial charge >= 0.3 is 0 Å². The van der Waals surface area contributed by atoms with Crippen molar-refractivity contribution in [2.45, 2.75) is 72.3 Å². The van der Waals surface area contributed by atoms with E-state index in [-0.39, 0.29) is 48.6 Å². The first kappa shape index (κ1) is 24.7. The maximum atomic E-state index is 12.7. The van der Waals surface area contributed by atoms with Crippen molar-refractivity contribution in [1.82, 2.24) is 10.3 Å². The first-order valence-electron chi connectivity index (χ1n) is 11.2. The number of carbonyl (C=O) groups is 2. The molecule has 176 valence electrons. The zero-order valence-corrected chi connectivity index (χ0v) is 20.4. The highest BCUT2D eigenvalue weighted by molar-refractivity contribution is 7.15. The first-order chi connectivity index (χ1) is 14.9. The van der Waals surface area contributed by atoms with E-state index < -0.39 is 16.9 Å². The van der Waals surface area contributed by atoms with Crippen LogP contribution in [0.5, 0.6) is 0 Å². The average molecular weight is 462 g/mol. The third-order valence-electron chi connectivity index (χ3n) is 7.57. The number of nitrogens with one attached hydrogen (secondary N) is 2. The molecule has 1 saturated carbocycles. The molecule has 1 aromatic heterocycles. The van der Waals surface area contributed by atoms with E-state index in [4.69, 9.17) is 11.4 Å². The van der Waals surface area contributed by atoms with Crippen LogP contribution >= 0.6 is 11.3 Å². The lowest BCUT2D eigenvalue weighted by atomic mass is 9.47. The van der Waals surface area contributed by atoms with Gasteiger partial charge in [0.2, 0.25) is 11.8 Å². The van der Waals surface area contributed by atoms with Gasteiger partial charge in [0.1, 0.15) is 0 Å². The second-order valence-electron chi connectivity index (χ2n) is 10.8. The van der Waals surface area contributed by atoms with Crippen molar-refractivity contribution < 1.29 is 19.8 Å². The molecule has 1 aromatic rings. The van der Waals surface area contributed by atoms with Crippen LogP contribution in [0.3, 0.4) is 0 Å². The lowest BCUT2D eigenvalue weighted by Crippen LogP contribution is -2.57. The second-order valence-corrected chi connectivity index (χ2v) is 11.8. The van der Waals surface area contributed by atoms with Crippen molar-refractivity contribution in [3.8, 4) is 12.3 Å². The summed E-state index contributed by atoms with van der Waals surface area (Å²) in [5.41, 5.74) is -0.737. The Kier molecular flexibility index (Phi) is 6.77. The fraction of sp³-hybridized carbons (Fsp3) is 0.708. The predicted molar refractivity (Wildman–Crippen MR) is 125 cm³/mol. The number of terminal acetylenes is 1. The molecule has 8 heteroatoms. The molecule has 0 radical (unpaired) electrons. The number of anilines is 1. The molecule has 3 rings (SSSR count). The van der Waals surface area contributed by atoms with Gasteiger partial charge in [0.05, 0.1) is 24.9 Å². The Hall–Kier alpha value is -1.95. The molecule has 2 aliphatic carbocycles. The van der Waals surface area contributed by atoms with Crippen LogP contribution in [0.1, 0.15) is 70.4 Å². The van der Waals surface area contributed by atoms with Gasteiger partial charge in [0.25, 0.3) is 0 Å². The molecule has 0 aromatic carbocycles. The predicted octanol–water partition coefficient (Wildman–Crippen LogP) is 2.68. The fourth-order valence-corrected chi connectivity index (χ4v) is 6.45. The molecular formula is C24H35N3O4S. The lowest BCUT2D eigenvalue weighted by Gasteiger charge is -2.58. The first-order valence-corrected chi connectivity index (χ1v) is 12.0. The molecule has 7 nitrogen and oxygen atoms in total. The van der Waals surface area contributed by atoms with Crippen LogP contribution in [0.4, 0.5) is 5.13 Å². The SMILES string of the molecule is C#CCNC(=O)CC1c2nc(NC(=O)C(C)(C)C)sc2CC2C(C)(CO)C(O)CCC12C. The van der Waals surface area contributed by atoms with Crippen LogP contribution in [-0.4, -0.2) is 46.3 Å². The van der Waals surface area contributed by atoms with E-state index in [0.717, 1.165) is 17.0 Å². The third kappa shape index (κ3) is 4.30. The van der Waals surface area contributed by atoms with Gasteiger partial charge in [-0.15, -0.1) is 17.8 Å². The summed E-state index contributed by atoms with van der Waals surface area (Å²) < 4.78 is 0. The summed E-state index contributed by atoms with van der Waals surface area (Å²) >= 11 is 1.42. The molecule has 1 heterocycles. The highest BCUT2D eigenvalue weighted by Crippen LogP contribution is 2.62. The zero-order chi connectivity index (χ0) is 23.9. The maximum Gasteiger partial charge on any atom is 0.231 e. The minimum Gasteiger partial charge on any atom is -0.396 e. The van der Waals surface area contributed by atoms with Crippen molar-refractivity contribution in [1.29, 1.82) is 0 Å². The van der Waals surface area contributed by atoms with E-state index in [9.17, 15) is 19.8 Å². The van der Waals surface area contributed by atoms with Gasteiger partial charge in [-0.25, -0.2) is 4.98 Å². The lowest BCUT2D eigenvalue weighted by molar-refractivity contribution is -0.144. The number of hydrogen-bond donors (Lipinski definition) is 4. The van der Waals surface area contributed by atoms with Crippen molar-refractivity contribution >= 4 is 28.3 Å². The number of aromatic nitrogens is 1. The van der Waals surface area contributed by atoms with Crippen LogP contribution in [0.25, 0.3) is 0 Å². The topological polar surface area (TPSA) is 112 Å². The summed E-state index contributed by atoms with van der Waals surface area (Å²) in [6.07, 6.45) is 6.83. The number of amides is 2. The molecule has 5 atom stereocenters. The number of aliphatic hydroxyl groups excluding tert-OH is 2. The number of thiazole rings is 1. The zero-order valence-electron chi connectivity index (χ0n) is 19.6. The molecule has 2 amide bonds. The number of hydrogen-bond acceptors (Lipinski definition) is 6. The normalized spacial score (nSPS) is 31.8. The Morgan fingerprint density at radius 2 is 2.03 bits per heavy atom. The summed E-state index contributed by atoms with van der Waals surface area (Å²) in [6, 6.07) is 0. The van der Waals surface area contributed by atoms with Gasteiger partial charge in [-0.05, 0) is 30.6 Å². The van der Waals surface area contributed by atoms with E-state index in [1.54, 1.807) is 0 Å².